The highest BCUT2D eigenvalue weighted by molar-refractivity contribution is 5.90. The summed E-state index contributed by atoms with van der Waals surface area (Å²) < 4.78 is 16.1. The summed E-state index contributed by atoms with van der Waals surface area (Å²) in [6, 6.07) is 7.94. The standard InChI is InChI=1S/C21H27FN4O2/c1-14-20(15(2)25(3)23-14)11-19-10-18(22)13-26(19)12-17-6-4-16(5-7-17)8-9-21(27)24-28/h4-9,18-19,28H,10-13H2,1-3H3,(H,24,27)/b9-8+/t18-,19-/m1/s1. The Morgan fingerprint density at radius 1 is 1.36 bits per heavy atom. The van der Waals surface area contributed by atoms with Gasteiger partial charge in [0.05, 0.1) is 5.69 Å². The van der Waals surface area contributed by atoms with Crippen LogP contribution < -0.4 is 5.48 Å². The van der Waals surface area contributed by atoms with E-state index in [1.807, 2.05) is 42.9 Å². The number of carbonyl (C=O) groups is 1. The van der Waals surface area contributed by atoms with E-state index >= 15 is 0 Å². The lowest BCUT2D eigenvalue weighted by Gasteiger charge is -2.24. The maximum Gasteiger partial charge on any atom is 0.267 e. The number of hydroxylamine groups is 1. The van der Waals surface area contributed by atoms with Gasteiger partial charge in [-0.1, -0.05) is 24.3 Å². The molecule has 0 bridgehead atoms. The number of aromatic nitrogens is 2. The molecule has 28 heavy (non-hydrogen) atoms. The Hall–Kier alpha value is -2.51. The second-order valence-electron chi connectivity index (χ2n) is 7.44. The molecule has 1 aliphatic heterocycles. The molecule has 1 saturated heterocycles. The lowest BCUT2D eigenvalue weighted by atomic mass is 10.0. The van der Waals surface area contributed by atoms with Crippen LogP contribution in [0.5, 0.6) is 0 Å². The lowest BCUT2D eigenvalue weighted by Crippen LogP contribution is -2.31. The van der Waals surface area contributed by atoms with Gasteiger partial charge in [0.2, 0.25) is 0 Å². The molecule has 0 saturated carbocycles. The normalized spacial score (nSPS) is 20.2. The number of amides is 1. The van der Waals surface area contributed by atoms with Crippen LogP contribution in [0.15, 0.2) is 30.3 Å². The molecule has 1 aromatic carbocycles. The molecular formula is C21H27FN4O2. The zero-order valence-electron chi connectivity index (χ0n) is 16.5. The fraction of sp³-hybridized carbons (Fsp3) is 0.429. The number of hydrogen-bond acceptors (Lipinski definition) is 4. The minimum atomic E-state index is -0.804. The summed E-state index contributed by atoms with van der Waals surface area (Å²) in [5.41, 5.74) is 6.89. The van der Waals surface area contributed by atoms with Crippen molar-refractivity contribution in [1.29, 1.82) is 0 Å². The molecule has 2 atom stereocenters. The number of halogens is 1. The third-order valence-corrected chi connectivity index (χ3v) is 5.48. The van der Waals surface area contributed by atoms with E-state index in [-0.39, 0.29) is 6.04 Å². The largest absolute Gasteiger partial charge is 0.293 e. The number of benzene rings is 1. The lowest BCUT2D eigenvalue weighted by molar-refractivity contribution is -0.124. The van der Waals surface area contributed by atoms with Crippen LogP contribution in [-0.2, 0) is 24.8 Å². The smallest absolute Gasteiger partial charge is 0.267 e. The fourth-order valence-electron chi connectivity index (χ4n) is 3.85. The zero-order valence-corrected chi connectivity index (χ0v) is 16.5. The molecule has 7 heteroatoms. The summed E-state index contributed by atoms with van der Waals surface area (Å²) in [5, 5.41) is 13.0. The van der Waals surface area contributed by atoms with Crippen molar-refractivity contribution in [2.45, 2.75) is 45.4 Å². The average Bonchev–Trinajstić information content (AvgIpc) is 3.14. The Kier molecular flexibility index (Phi) is 6.26. The molecule has 2 aromatic rings. The average molecular weight is 386 g/mol. The van der Waals surface area contributed by atoms with Gasteiger partial charge >= 0.3 is 0 Å². The number of likely N-dealkylation sites (tertiary alicyclic amines) is 1. The van der Waals surface area contributed by atoms with E-state index in [0.717, 1.165) is 28.9 Å². The van der Waals surface area contributed by atoms with Crippen LogP contribution in [-0.4, -0.2) is 44.6 Å². The number of hydrogen-bond donors (Lipinski definition) is 2. The van der Waals surface area contributed by atoms with Gasteiger partial charge in [-0.2, -0.15) is 5.10 Å². The van der Waals surface area contributed by atoms with E-state index in [9.17, 15) is 9.18 Å². The van der Waals surface area contributed by atoms with Gasteiger partial charge in [-0.25, -0.2) is 9.87 Å². The van der Waals surface area contributed by atoms with Crippen molar-refractivity contribution < 1.29 is 14.4 Å². The Bertz CT molecular complexity index is 860. The minimum absolute atomic E-state index is 0.157. The van der Waals surface area contributed by atoms with Crippen LogP contribution in [0.2, 0.25) is 0 Å². The molecule has 1 aromatic heterocycles. The fourth-order valence-corrected chi connectivity index (χ4v) is 3.85. The van der Waals surface area contributed by atoms with Gasteiger partial charge < -0.3 is 0 Å². The Balaban J connectivity index is 1.68. The number of carbonyl (C=O) groups excluding carboxylic acids is 1. The first-order valence-corrected chi connectivity index (χ1v) is 9.45. The number of alkyl halides is 1. The van der Waals surface area contributed by atoms with Gasteiger partial charge in [0.1, 0.15) is 6.17 Å². The molecule has 1 amide bonds. The van der Waals surface area contributed by atoms with Crippen molar-refractivity contribution in [3.63, 3.8) is 0 Å². The second kappa shape index (κ2) is 8.67. The predicted molar refractivity (Wildman–Crippen MR) is 106 cm³/mol. The van der Waals surface area contributed by atoms with Gasteiger partial charge in [-0.05, 0) is 49.5 Å². The highest BCUT2D eigenvalue weighted by Gasteiger charge is 2.33. The van der Waals surface area contributed by atoms with Crippen molar-refractivity contribution in [2.24, 2.45) is 7.05 Å². The highest BCUT2D eigenvalue weighted by Crippen LogP contribution is 2.27. The Morgan fingerprint density at radius 3 is 2.68 bits per heavy atom. The number of nitrogens with one attached hydrogen (secondary N) is 1. The third kappa shape index (κ3) is 4.66. The van der Waals surface area contributed by atoms with Gasteiger partial charge in [0.15, 0.2) is 0 Å². The summed E-state index contributed by atoms with van der Waals surface area (Å²) in [6.07, 6.45) is 3.44. The van der Waals surface area contributed by atoms with E-state index in [1.54, 1.807) is 11.6 Å². The minimum Gasteiger partial charge on any atom is -0.293 e. The van der Waals surface area contributed by atoms with Gasteiger partial charge in [-0.15, -0.1) is 0 Å². The first-order valence-electron chi connectivity index (χ1n) is 9.45. The first-order chi connectivity index (χ1) is 13.4. The molecule has 6 nitrogen and oxygen atoms in total. The second-order valence-corrected chi connectivity index (χ2v) is 7.44. The molecule has 0 spiro atoms. The van der Waals surface area contributed by atoms with Crippen molar-refractivity contribution in [3.8, 4) is 0 Å². The van der Waals surface area contributed by atoms with E-state index in [4.69, 9.17) is 5.21 Å². The number of nitrogens with zero attached hydrogens (tertiary/aromatic N) is 3. The van der Waals surface area contributed by atoms with Crippen molar-refractivity contribution >= 4 is 12.0 Å². The quantitative estimate of drug-likeness (QED) is 0.455. The highest BCUT2D eigenvalue weighted by atomic mass is 19.1. The topological polar surface area (TPSA) is 70.4 Å². The number of rotatable bonds is 6. The predicted octanol–water partition coefficient (Wildman–Crippen LogP) is 2.71. The monoisotopic (exact) mass is 386 g/mol. The van der Waals surface area contributed by atoms with Crippen LogP contribution in [0.25, 0.3) is 6.08 Å². The van der Waals surface area contributed by atoms with Gasteiger partial charge in [0.25, 0.3) is 5.91 Å². The molecule has 1 fully saturated rings. The molecule has 2 heterocycles. The van der Waals surface area contributed by atoms with E-state index in [1.165, 1.54) is 11.6 Å². The van der Waals surface area contributed by atoms with Gasteiger partial charge in [-0.3, -0.25) is 19.6 Å². The Morgan fingerprint density at radius 2 is 2.07 bits per heavy atom. The van der Waals surface area contributed by atoms with Crippen LogP contribution in [0, 0.1) is 13.8 Å². The maximum absolute atomic E-state index is 14.2. The summed E-state index contributed by atoms with van der Waals surface area (Å²) in [4.78, 5) is 13.3. The molecule has 0 radical (unpaired) electrons. The van der Waals surface area contributed by atoms with Crippen molar-refractivity contribution in [2.75, 3.05) is 6.54 Å². The third-order valence-electron chi connectivity index (χ3n) is 5.48. The summed E-state index contributed by atoms with van der Waals surface area (Å²) in [6.45, 7) is 5.20. The summed E-state index contributed by atoms with van der Waals surface area (Å²) in [5.74, 6) is -0.570. The van der Waals surface area contributed by atoms with E-state index in [0.29, 0.717) is 19.5 Å². The van der Waals surface area contributed by atoms with Crippen molar-refractivity contribution in [1.82, 2.24) is 20.2 Å². The summed E-state index contributed by atoms with van der Waals surface area (Å²) >= 11 is 0. The molecule has 150 valence electrons. The molecule has 0 aliphatic carbocycles. The van der Waals surface area contributed by atoms with Crippen LogP contribution in [0.3, 0.4) is 0 Å². The van der Waals surface area contributed by atoms with Crippen LogP contribution in [0.1, 0.15) is 34.5 Å². The summed E-state index contributed by atoms with van der Waals surface area (Å²) in [7, 11) is 1.94. The van der Waals surface area contributed by atoms with E-state index < -0.39 is 12.1 Å². The van der Waals surface area contributed by atoms with Gasteiger partial charge in [0, 0.05) is 37.9 Å². The van der Waals surface area contributed by atoms with E-state index in [2.05, 4.69) is 16.9 Å². The number of aryl methyl sites for hydroxylation is 2. The van der Waals surface area contributed by atoms with Crippen LogP contribution in [0.4, 0.5) is 4.39 Å². The molecule has 1 aliphatic rings. The maximum atomic E-state index is 14.2. The SMILES string of the molecule is Cc1nn(C)c(C)c1C[C@H]1C[C@@H](F)CN1Cc1ccc(/C=C/C(=O)NO)cc1. The Labute approximate surface area is 164 Å². The molecular weight excluding hydrogens is 359 g/mol. The molecule has 3 rings (SSSR count). The molecule has 0 unspecified atom stereocenters. The first kappa shape index (κ1) is 20.2. The zero-order chi connectivity index (χ0) is 20.3. The van der Waals surface area contributed by atoms with Crippen LogP contribution >= 0.6 is 0 Å². The molecule has 2 N–H and O–H groups in total. The van der Waals surface area contributed by atoms with Crippen molar-refractivity contribution in [3.05, 3.63) is 58.4 Å².